The van der Waals surface area contributed by atoms with Crippen molar-refractivity contribution in [2.24, 2.45) is 20.5 Å². The normalized spacial score (nSPS) is 17.7. The molecule has 5 aromatic carbocycles. The number of carbonyl (C=O) groups excluding carboxylic acids is 2. The molecule has 11 heteroatoms. The van der Waals surface area contributed by atoms with Crippen LogP contribution in [0.1, 0.15) is 33.6 Å². The Labute approximate surface area is 297 Å². The zero-order chi connectivity index (χ0) is 35.4. The minimum atomic E-state index is -0.754. The predicted molar refractivity (Wildman–Crippen MR) is 202 cm³/mol. The molecule has 0 spiro atoms. The van der Waals surface area contributed by atoms with E-state index in [1.807, 2.05) is 109 Å². The molecule has 1 unspecified atom stereocenters. The zero-order valence-electron chi connectivity index (χ0n) is 29.2. The molecule has 2 aliphatic heterocycles. The van der Waals surface area contributed by atoms with Crippen LogP contribution in [-0.4, -0.2) is 66.2 Å². The van der Waals surface area contributed by atoms with E-state index in [0.717, 1.165) is 68.8 Å². The second kappa shape index (κ2) is 14.7. The first-order chi connectivity index (χ1) is 24.8. The van der Waals surface area contributed by atoms with E-state index >= 15 is 0 Å². The van der Waals surface area contributed by atoms with Crippen LogP contribution < -0.4 is 10.6 Å². The van der Waals surface area contributed by atoms with E-state index in [1.165, 1.54) is 0 Å². The van der Waals surface area contributed by atoms with Gasteiger partial charge in [0, 0.05) is 71.6 Å². The van der Waals surface area contributed by atoms with E-state index in [9.17, 15) is 9.59 Å². The topological polar surface area (TPSA) is 123 Å². The van der Waals surface area contributed by atoms with E-state index in [-0.39, 0.29) is 25.4 Å². The minimum Gasteiger partial charge on any atom is -0.461 e. The number of benzene rings is 5. The first-order valence-electron chi connectivity index (χ1n) is 17.5. The van der Waals surface area contributed by atoms with E-state index in [4.69, 9.17) is 9.85 Å². The van der Waals surface area contributed by atoms with Gasteiger partial charge in [-0.05, 0) is 63.2 Å². The lowest BCUT2D eigenvalue weighted by molar-refractivity contribution is -0.147. The smallest absolute Gasteiger partial charge is 0.306 e. The second-order valence-corrected chi connectivity index (χ2v) is 13.5. The Morgan fingerprint density at radius 3 is 1.92 bits per heavy atom. The Bertz CT molecular complexity index is 2110. The Balaban J connectivity index is 1.01. The first-order valence-corrected chi connectivity index (χ1v) is 17.5. The lowest BCUT2D eigenvalue weighted by atomic mass is 9.99. The summed E-state index contributed by atoms with van der Waals surface area (Å²) in [6.45, 7) is 9.46. The van der Waals surface area contributed by atoms with Crippen molar-refractivity contribution in [1.29, 1.82) is 0 Å². The molecule has 1 amide bonds. The number of ether oxygens (including phenoxy) is 1. The van der Waals surface area contributed by atoms with Crippen LogP contribution in [0.5, 0.6) is 0 Å². The maximum atomic E-state index is 12.7. The van der Waals surface area contributed by atoms with Crippen molar-refractivity contribution in [3.05, 3.63) is 97.1 Å². The molecule has 0 aromatic heterocycles. The number of carbonyl (C=O) groups is 2. The number of amides is 1. The molecule has 0 aliphatic carbocycles. The van der Waals surface area contributed by atoms with Crippen LogP contribution >= 0.6 is 0 Å². The van der Waals surface area contributed by atoms with Crippen molar-refractivity contribution in [2.45, 2.75) is 45.3 Å². The van der Waals surface area contributed by atoms with Gasteiger partial charge in [0.1, 0.15) is 12.3 Å². The second-order valence-electron chi connectivity index (χ2n) is 13.5. The van der Waals surface area contributed by atoms with E-state index in [1.54, 1.807) is 0 Å². The summed E-state index contributed by atoms with van der Waals surface area (Å²) in [6, 6.07) is 31.8. The van der Waals surface area contributed by atoms with Gasteiger partial charge in [-0.25, -0.2) is 0 Å². The zero-order valence-corrected chi connectivity index (χ0v) is 29.2. The van der Waals surface area contributed by atoms with Gasteiger partial charge in [0.05, 0.1) is 29.2 Å². The Morgan fingerprint density at radius 2 is 1.25 bits per heavy atom. The van der Waals surface area contributed by atoms with Gasteiger partial charge in [-0.2, -0.15) is 5.11 Å². The van der Waals surface area contributed by atoms with Crippen LogP contribution in [0.4, 0.5) is 34.1 Å². The summed E-state index contributed by atoms with van der Waals surface area (Å²) in [4.78, 5) is 29.7. The summed E-state index contributed by atoms with van der Waals surface area (Å²) < 4.78 is 5.69. The van der Waals surface area contributed by atoms with Gasteiger partial charge < -0.3 is 20.3 Å². The van der Waals surface area contributed by atoms with Crippen LogP contribution in [0.25, 0.3) is 21.5 Å². The van der Waals surface area contributed by atoms with Gasteiger partial charge >= 0.3 is 5.97 Å². The van der Waals surface area contributed by atoms with Crippen molar-refractivity contribution < 1.29 is 14.3 Å². The number of azo groups is 2. The molecule has 1 fully saturated rings. The van der Waals surface area contributed by atoms with Crippen LogP contribution in [-0.2, 0) is 14.3 Å². The van der Waals surface area contributed by atoms with E-state index in [0.29, 0.717) is 19.1 Å². The number of nitrogens with one attached hydrogen (secondary N) is 2. The molecular formula is C40H42N8O3. The monoisotopic (exact) mass is 682 g/mol. The van der Waals surface area contributed by atoms with Gasteiger partial charge in [0.15, 0.2) is 0 Å². The summed E-state index contributed by atoms with van der Waals surface area (Å²) in [5.41, 5.74) is 4.03. The van der Waals surface area contributed by atoms with Gasteiger partial charge in [-0.3, -0.25) is 14.5 Å². The largest absolute Gasteiger partial charge is 0.461 e. The number of piperazine rings is 1. The van der Waals surface area contributed by atoms with Crippen LogP contribution in [0.3, 0.4) is 0 Å². The molecule has 51 heavy (non-hydrogen) atoms. The van der Waals surface area contributed by atoms with E-state index in [2.05, 4.69) is 44.7 Å². The highest BCUT2D eigenvalue weighted by Crippen LogP contribution is 2.43. The molecule has 0 bridgehead atoms. The third-order valence-electron chi connectivity index (χ3n) is 9.47. The lowest BCUT2D eigenvalue weighted by Crippen LogP contribution is -2.50. The highest BCUT2D eigenvalue weighted by Gasteiger charge is 2.32. The van der Waals surface area contributed by atoms with Gasteiger partial charge in [-0.1, -0.05) is 54.6 Å². The number of hydrogen-bond donors (Lipinski definition) is 2. The van der Waals surface area contributed by atoms with E-state index < -0.39 is 11.6 Å². The molecule has 2 N–H and O–H groups in total. The molecule has 7 rings (SSSR count). The third-order valence-corrected chi connectivity index (χ3v) is 9.47. The van der Waals surface area contributed by atoms with Gasteiger partial charge in [0.2, 0.25) is 5.91 Å². The number of anilines is 2. The minimum absolute atomic E-state index is 0.000424. The molecule has 2 heterocycles. The molecule has 2 aliphatic rings. The summed E-state index contributed by atoms with van der Waals surface area (Å²) in [6.07, 6.45) is 0.201. The molecule has 1 atom stereocenters. The summed E-state index contributed by atoms with van der Waals surface area (Å²) >= 11 is 0. The Morgan fingerprint density at radius 1 is 0.686 bits per heavy atom. The first kappa shape index (κ1) is 33.8. The maximum absolute atomic E-state index is 12.7. The molecule has 11 nitrogen and oxygen atoms in total. The highest BCUT2D eigenvalue weighted by molar-refractivity contribution is 6.10. The molecular weight excluding hydrogens is 640 g/mol. The van der Waals surface area contributed by atoms with Crippen molar-refractivity contribution in [1.82, 2.24) is 9.80 Å². The standard InChI is InChI=1S/C40H42N8O3/c1-27(2)47-22-24-48(25-23-47)37(49)20-21-38(50)51-26-40(3)41-35-15-9-14-31-34(18-19-36(42-40)39(31)35)46-45-33-17-16-32(29-12-7-8-13-30(29)33)44-43-28-10-5-4-6-11-28/h4-19,27,41-42H,20-26H2,1-3H3/b44-43+,46-45+. The fourth-order valence-corrected chi connectivity index (χ4v) is 6.69. The Kier molecular flexibility index (Phi) is 9.72. The van der Waals surface area contributed by atoms with Gasteiger partial charge in [-0.15, -0.1) is 15.3 Å². The summed E-state index contributed by atoms with van der Waals surface area (Å²) in [5.74, 6) is -0.395. The third kappa shape index (κ3) is 7.58. The van der Waals surface area contributed by atoms with Crippen molar-refractivity contribution in [2.75, 3.05) is 43.4 Å². The van der Waals surface area contributed by atoms with Crippen molar-refractivity contribution >= 4 is 67.5 Å². The Hall–Kier alpha value is -5.68. The SMILES string of the molecule is CC(C)N1CCN(C(=O)CCC(=O)OCC2(C)Nc3cccc4c(/N=N/c5ccc(/N=N/c6ccccc6)c6ccccc56)ccc(c34)N2)CC1. The molecule has 5 aromatic rings. The molecule has 1 saturated heterocycles. The molecule has 0 saturated carbocycles. The number of rotatable bonds is 10. The maximum Gasteiger partial charge on any atom is 0.306 e. The number of hydrogen-bond acceptors (Lipinski definition) is 10. The average Bonchev–Trinajstić information content (AvgIpc) is 3.15. The molecule has 260 valence electrons. The lowest BCUT2D eigenvalue weighted by Gasteiger charge is -2.38. The number of esters is 1. The average molecular weight is 683 g/mol. The van der Waals surface area contributed by atoms with Gasteiger partial charge in [0.25, 0.3) is 0 Å². The van der Waals surface area contributed by atoms with Crippen molar-refractivity contribution in [3.8, 4) is 0 Å². The van der Waals surface area contributed by atoms with Crippen LogP contribution in [0.15, 0.2) is 118 Å². The predicted octanol–water partition coefficient (Wildman–Crippen LogP) is 9.25. The quantitative estimate of drug-likeness (QED) is 0.112. The fraction of sp³-hybridized carbons (Fsp3) is 0.300. The fourth-order valence-electron chi connectivity index (χ4n) is 6.69. The molecule has 0 radical (unpaired) electrons. The van der Waals surface area contributed by atoms with Crippen molar-refractivity contribution in [3.63, 3.8) is 0 Å². The van der Waals surface area contributed by atoms with Crippen LogP contribution in [0.2, 0.25) is 0 Å². The van der Waals surface area contributed by atoms with Crippen LogP contribution in [0, 0.1) is 0 Å². The summed E-state index contributed by atoms with van der Waals surface area (Å²) in [5, 5.41) is 29.1. The number of fused-ring (bicyclic) bond motifs is 1. The summed E-state index contributed by atoms with van der Waals surface area (Å²) in [7, 11) is 0. The number of nitrogens with zero attached hydrogens (tertiary/aromatic N) is 6. The highest BCUT2D eigenvalue weighted by atomic mass is 16.5.